The Labute approximate surface area is 92.4 Å². The van der Waals surface area contributed by atoms with Crippen molar-refractivity contribution in [1.29, 1.82) is 5.26 Å². The minimum Gasteiger partial charge on any atom is -0.405 e. The average Bonchev–Trinajstić information content (AvgIpc) is 2.10. The first-order valence-electron chi connectivity index (χ1n) is 3.84. The van der Waals surface area contributed by atoms with E-state index in [9.17, 15) is 13.2 Å². The quantitative estimate of drug-likeness (QED) is 0.831. The molecular formula is C9H5BrF3NO. The molecule has 0 aromatic heterocycles. The first kappa shape index (κ1) is 11.9. The van der Waals surface area contributed by atoms with Gasteiger partial charge in [0.15, 0.2) is 0 Å². The highest BCUT2D eigenvalue weighted by atomic mass is 79.9. The summed E-state index contributed by atoms with van der Waals surface area (Å²) in [5.41, 5.74) is 0.458. The van der Waals surface area contributed by atoms with E-state index in [4.69, 9.17) is 5.26 Å². The van der Waals surface area contributed by atoms with E-state index >= 15 is 0 Å². The second-order valence-electron chi connectivity index (χ2n) is 2.61. The van der Waals surface area contributed by atoms with Gasteiger partial charge in [0.05, 0.1) is 17.0 Å². The molecule has 0 bridgehead atoms. The fourth-order valence-electron chi connectivity index (χ4n) is 0.981. The Morgan fingerprint density at radius 1 is 1.40 bits per heavy atom. The molecule has 0 heterocycles. The van der Waals surface area contributed by atoms with Crippen molar-refractivity contribution in [2.75, 3.05) is 0 Å². The minimum absolute atomic E-state index is 0.0235. The SMILES string of the molecule is N#CCc1cccc(OC(F)(F)F)c1Br. The zero-order valence-corrected chi connectivity index (χ0v) is 8.89. The molecule has 0 atom stereocenters. The molecule has 1 rings (SSSR count). The van der Waals surface area contributed by atoms with E-state index in [0.29, 0.717) is 5.56 Å². The molecule has 1 aromatic rings. The molecule has 0 N–H and O–H groups in total. The van der Waals surface area contributed by atoms with Crippen molar-refractivity contribution in [1.82, 2.24) is 0 Å². The van der Waals surface area contributed by atoms with Crippen molar-refractivity contribution in [3.8, 4) is 11.8 Å². The highest BCUT2D eigenvalue weighted by molar-refractivity contribution is 9.10. The number of rotatable bonds is 2. The van der Waals surface area contributed by atoms with Gasteiger partial charge >= 0.3 is 6.36 Å². The van der Waals surface area contributed by atoms with E-state index < -0.39 is 6.36 Å². The number of hydrogen-bond donors (Lipinski definition) is 0. The summed E-state index contributed by atoms with van der Waals surface area (Å²) < 4.78 is 39.7. The molecule has 0 aliphatic rings. The summed E-state index contributed by atoms with van der Waals surface area (Å²) in [7, 11) is 0. The zero-order valence-electron chi connectivity index (χ0n) is 7.31. The fourth-order valence-corrected chi connectivity index (χ4v) is 1.47. The Hall–Kier alpha value is -1.22. The van der Waals surface area contributed by atoms with Gasteiger partial charge in [0, 0.05) is 0 Å². The summed E-state index contributed by atoms with van der Waals surface area (Å²) in [5, 5.41) is 8.43. The van der Waals surface area contributed by atoms with Crippen LogP contribution in [0.15, 0.2) is 22.7 Å². The minimum atomic E-state index is -4.73. The molecule has 0 amide bonds. The highest BCUT2D eigenvalue weighted by Crippen LogP contribution is 2.32. The predicted octanol–water partition coefficient (Wildman–Crippen LogP) is 3.41. The van der Waals surface area contributed by atoms with Gasteiger partial charge in [-0.1, -0.05) is 12.1 Å². The van der Waals surface area contributed by atoms with Gasteiger partial charge in [-0.05, 0) is 27.6 Å². The lowest BCUT2D eigenvalue weighted by molar-refractivity contribution is -0.274. The third kappa shape index (κ3) is 3.44. The van der Waals surface area contributed by atoms with E-state index in [2.05, 4.69) is 20.7 Å². The number of hydrogen-bond acceptors (Lipinski definition) is 2. The maximum Gasteiger partial charge on any atom is 0.573 e. The Morgan fingerprint density at radius 2 is 2.07 bits per heavy atom. The van der Waals surface area contributed by atoms with Gasteiger partial charge in [-0.2, -0.15) is 5.26 Å². The molecular weight excluding hydrogens is 275 g/mol. The average molecular weight is 280 g/mol. The molecule has 0 aliphatic carbocycles. The van der Waals surface area contributed by atoms with Crippen LogP contribution >= 0.6 is 15.9 Å². The fraction of sp³-hybridized carbons (Fsp3) is 0.222. The first-order chi connectivity index (χ1) is 6.94. The molecule has 0 saturated carbocycles. The Morgan fingerprint density at radius 3 is 2.60 bits per heavy atom. The van der Waals surface area contributed by atoms with Crippen LogP contribution in [0.3, 0.4) is 0 Å². The Kier molecular flexibility index (Phi) is 3.58. The third-order valence-corrected chi connectivity index (χ3v) is 2.44. The predicted molar refractivity (Wildman–Crippen MR) is 50.1 cm³/mol. The number of nitrogens with zero attached hydrogens (tertiary/aromatic N) is 1. The maximum absolute atomic E-state index is 11.9. The van der Waals surface area contributed by atoms with E-state index in [1.54, 1.807) is 6.07 Å². The monoisotopic (exact) mass is 279 g/mol. The molecule has 1 aromatic carbocycles. The van der Waals surface area contributed by atoms with Crippen molar-refractivity contribution in [3.05, 3.63) is 28.2 Å². The van der Waals surface area contributed by atoms with E-state index in [0.717, 1.165) is 0 Å². The summed E-state index contributed by atoms with van der Waals surface area (Å²) in [5.74, 6) is -0.338. The number of nitriles is 1. The van der Waals surface area contributed by atoms with Crippen molar-refractivity contribution in [3.63, 3.8) is 0 Å². The summed E-state index contributed by atoms with van der Waals surface area (Å²) in [6.07, 6.45) is -4.70. The molecule has 15 heavy (non-hydrogen) atoms. The zero-order chi connectivity index (χ0) is 11.5. The molecule has 0 aliphatic heterocycles. The highest BCUT2D eigenvalue weighted by Gasteiger charge is 2.32. The summed E-state index contributed by atoms with van der Waals surface area (Å²) in [4.78, 5) is 0. The van der Waals surface area contributed by atoms with Gasteiger partial charge in [-0.3, -0.25) is 0 Å². The van der Waals surface area contributed by atoms with Crippen molar-refractivity contribution in [2.24, 2.45) is 0 Å². The largest absolute Gasteiger partial charge is 0.573 e. The van der Waals surface area contributed by atoms with Crippen LogP contribution in [-0.4, -0.2) is 6.36 Å². The van der Waals surface area contributed by atoms with Crippen LogP contribution < -0.4 is 4.74 Å². The summed E-state index contributed by atoms with van der Waals surface area (Å²) in [6, 6.07) is 5.98. The lowest BCUT2D eigenvalue weighted by atomic mass is 10.1. The van der Waals surface area contributed by atoms with Crippen LogP contribution in [0.2, 0.25) is 0 Å². The number of halogens is 4. The Bertz CT molecular complexity index is 397. The van der Waals surface area contributed by atoms with Gasteiger partial charge in [0.1, 0.15) is 5.75 Å². The topological polar surface area (TPSA) is 33.0 Å². The second kappa shape index (κ2) is 4.53. The molecule has 0 radical (unpaired) electrons. The first-order valence-corrected chi connectivity index (χ1v) is 4.63. The van der Waals surface area contributed by atoms with Gasteiger partial charge in [0.2, 0.25) is 0 Å². The molecule has 6 heteroatoms. The molecule has 80 valence electrons. The standard InChI is InChI=1S/C9H5BrF3NO/c10-8-6(4-5-14)2-1-3-7(8)15-9(11,12)13/h1-3H,4H2. The van der Waals surface area contributed by atoms with Crippen molar-refractivity contribution < 1.29 is 17.9 Å². The van der Waals surface area contributed by atoms with Gasteiger partial charge in [-0.15, -0.1) is 13.2 Å². The molecule has 0 saturated heterocycles. The molecule has 0 spiro atoms. The normalized spacial score (nSPS) is 10.9. The number of ether oxygens (including phenoxy) is 1. The van der Waals surface area contributed by atoms with E-state index in [-0.39, 0.29) is 16.6 Å². The van der Waals surface area contributed by atoms with Crippen molar-refractivity contribution >= 4 is 15.9 Å². The third-order valence-electron chi connectivity index (χ3n) is 1.54. The molecule has 2 nitrogen and oxygen atoms in total. The summed E-state index contributed by atoms with van der Waals surface area (Å²) >= 11 is 2.96. The van der Waals surface area contributed by atoms with Gasteiger partial charge in [0.25, 0.3) is 0 Å². The summed E-state index contributed by atoms with van der Waals surface area (Å²) in [6.45, 7) is 0. The van der Waals surface area contributed by atoms with Gasteiger partial charge < -0.3 is 4.74 Å². The van der Waals surface area contributed by atoms with Crippen LogP contribution in [-0.2, 0) is 6.42 Å². The van der Waals surface area contributed by atoms with E-state index in [1.165, 1.54) is 12.1 Å². The van der Waals surface area contributed by atoms with Crippen LogP contribution in [0.1, 0.15) is 5.56 Å². The lowest BCUT2D eigenvalue weighted by Crippen LogP contribution is -2.17. The van der Waals surface area contributed by atoms with Crippen molar-refractivity contribution in [2.45, 2.75) is 12.8 Å². The Balaban J connectivity index is 3.00. The number of alkyl halides is 3. The van der Waals surface area contributed by atoms with Crippen LogP contribution in [0, 0.1) is 11.3 Å². The maximum atomic E-state index is 11.9. The second-order valence-corrected chi connectivity index (χ2v) is 3.40. The smallest absolute Gasteiger partial charge is 0.405 e. The van der Waals surface area contributed by atoms with Crippen LogP contribution in [0.4, 0.5) is 13.2 Å². The van der Waals surface area contributed by atoms with Crippen LogP contribution in [0.5, 0.6) is 5.75 Å². The van der Waals surface area contributed by atoms with Crippen LogP contribution in [0.25, 0.3) is 0 Å². The van der Waals surface area contributed by atoms with E-state index in [1.807, 2.05) is 6.07 Å². The van der Waals surface area contributed by atoms with Gasteiger partial charge in [-0.25, -0.2) is 0 Å². The molecule has 0 unspecified atom stereocenters. The lowest BCUT2D eigenvalue weighted by Gasteiger charge is -2.11. The molecule has 0 fully saturated rings. The number of benzene rings is 1.